The van der Waals surface area contributed by atoms with Crippen LogP contribution in [0.2, 0.25) is 0 Å². The highest BCUT2D eigenvalue weighted by atomic mass is 32.2. The van der Waals surface area contributed by atoms with Gasteiger partial charge in [0.2, 0.25) is 0 Å². The number of aromatic nitrogens is 4. The van der Waals surface area contributed by atoms with Crippen LogP contribution in [-0.4, -0.2) is 60.5 Å². The fraction of sp³-hybridized carbons (Fsp3) is 0.333. The number of hydrogen-bond acceptors (Lipinski definition) is 6. The molecule has 1 saturated heterocycles. The lowest BCUT2D eigenvalue weighted by molar-refractivity contribution is 0.0983. The van der Waals surface area contributed by atoms with E-state index in [0.717, 1.165) is 29.4 Å². The fourth-order valence-corrected chi connectivity index (χ4v) is 3.83. The summed E-state index contributed by atoms with van der Waals surface area (Å²) in [5, 5.41) is 11.8. The molecule has 9 heteroatoms. The lowest BCUT2D eigenvalue weighted by Gasteiger charge is -2.35. The van der Waals surface area contributed by atoms with Crippen molar-refractivity contribution in [3.05, 3.63) is 42.6 Å². The smallest absolute Gasteiger partial charge is 0.175 e. The van der Waals surface area contributed by atoms with Crippen molar-refractivity contribution < 1.29 is 13.2 Å². The van der Waals surface area contributed by atoms with Crippen LogP contribution in [0.1, 0.15) is 6.92 Å². The Balaban J connectivity index is 1.80. The molecule has 0 radical (unpaired) electrons. The van der Waals surface area contributed by atoms with Gasteiger partial charge in [0.1, 0.15) is 17.2 Å². The van der Waals surface area contributed by atoms with Crippen LogP contribution < -0.4 is 4.90 Å². The van der Waals surface area contributed by atoms with E-state index in [9.17, 15) is 8.42 Å². The normalized spacial score (nSPS) is 18.0. The minimum atomic E-state index is -3.24. The van der Waals surface area contributed by atoms with E-state index in [0.29, 0.717) is 13.2 Å². The maximum absolute atomic E-state index is 11.7. The molecule has 0 amide bonds. The largest absolute Gasteiger partial charge is 0.377 e. The van der Waals surface area contributed by atoms with Crippen molar-refractivity contribution >= 4 is 15.7 Å². The van der Waals surface area contributed by atoms with Crippen molar-refractivity contribution in [3.8, 4) is 17.1 Å². The van der Waals surface area contributed by atoms with Crippen LogP contribution in [0.5, 0.6) is 0 Å². The number of nitrogens with one attached hydrogen (secondary N) is 1. The summed E-state index contributed by atoms with van der Waals surface area (Å²) in [7, 11) is -3.24. The van der Waals surface area contributed by atoms with Crippen molar-refractivity contribution in [2.24, 2.45) is 0 Å². The van der Waals surface area contributed by atoms with Gasteiger partial charge in [0.05, 0.1) is 29.8 Å². The Morgan fingerprint density at radius 3 is 2.59 bits per heavy atom. The van der Waals surface area contributed by atoms with Crippen LogP contribution in [-0.2, 0) is 14.6 Å². The number of ether oxygens (including phenoxy) is 1. The number of H-pyrrole nitrogens is 1. The first-order valence-corrected chi connectivity index (χ1v) is 10.6. The van der Waals surface area contributed by atoms with Crippen LogP contribution in [0.4, 0.5) is 5.82 Å². The third-order valence-electron chi connectivity index (χ3n) is 4.63. The zero-order chi connectivity index (χ0) is 19.0. The minimum Gasteiger partial charge on any atom is -0.377 e. The van der Waals surface area contributed by atoms with Gasteiger partial charge in [-0.15, -0.1) is 0 Å². The molecule has 2 aromatic heterocycles. The Labute approximate surface area is 157 Å². The number of hydrogen-bond donors (Lipinski definition) is 1. The summed E-state index contributed by atoms with van der Waals surface area (Å²) < 4.78 is 30.9. The quantitative estimate of drug-likeness (QED) is 0.735. The van der Waals surface area contributed by atoms with Crippen molar-refractivity contribution in [1.29, 1.82) is 0 Å². The van der Waals surface area contributed by atoms with Gasteiger partial charge in [0, 0.05) is 25.1 Å². The number of benzene rings is 1. The number of morpholine rings is 1. The SMILES string of the molecule is CC1COCCN1c1cc(-c2cc[nH]n2)nn1-c1ccc(S(C)(=O)=O)cc1. The molecule has 3 heterocycles. The summed E-state index contributed by atoms with van der Waals surface area (Å²) in [6, 6.07) is 10.8. The third kappa shape index (κ3) is 3.47. The standard InChI is InChI=1S/C18H21N5O3S/c1-13-12-26-10-9-22(13)18-11-17(16-7-8-19-20-16)21-23(18)14-3-5-15(6-4-14)27(2,24)25/h3-8,11,13H,9-10,12H2,1-2H3,(H,19,20). The van der Waals surface area contributed by atoms with Crippen LogP contribution >= 0.6 is 0 Å². The van der Waals surface area contributed by atoms with Crippen molar-refractivity contribution in [2.75, 3.05) is 30.9 Å². The molecule has 0 saturated carbocycles. The number of sulfone groups is 1. The zero-order valence-electron chi connectivity index (χ0n) is 15.2. The number of anilines is 1. The van der Waals surface area contributed by atoms with E-state index in [2.05, 4.69) is 22.0 Å². The first-order valence-electron chi connectivity index (χ1n) is 8.68. The van der Waals surface area contributed by atoms with Crippen LogP contribution in [0.15, 0.2) is 47.5 Å². The summed E-state index contributed by atoms with van der Waals surface area (Å²) in [4.78, 5) is 2.53. The van der Waals surface area contributed by atoms with E-state index in [1.165, 1.54) is 6.26 Å². The molecule has 1 atom stereocenters. The van der Waals surface area contributed by atoms with Gasteiger partial charge >= 0.3 is 0 Å². The highest BCUT2D eigenvalue weighted by Crippen LogP contribution is 2.29. The van der Waals surface area contributed by atoms with Gasteiger partial charge in [-0.2, -0.15) is 10.2 Å². The first-order chi connectivity index (χ1) is 12.9. The predicted octanol–water partition coefficient (Wildman–Crippen LogP) is 1.89. The topological polar surface area (TPSA) is 93.1 Å². The highest BCUT2D eigenvalue weighted by molar-refractivity contribution is 7.90. The van der Waals surface area contributed by atoms with Gasteiger partial charge in [0.15, 0.2) is 9.84 Å². The van der Waals surface area contributed by atoms with Gasteiger partial charge in [-0.25, -0.2) is 13.1 Å². The van der Waals surface area contributed by atoms with E-state index < -0.39 is 9.84 Å². The minimum absolute atomic E-state index is 0.205. The Morgan fingerprint density at radius 1 is 1.19 bits per heavy atom. The Bertz CT molecular complexity index is 1030. The summed E-state index contributed by atoms with van der Waals surface area (Å²) in [5.74, 6) is 0.927. The second-order valence-electron chi connectivity index (χ2n) is 6.64. The number of nitrogens with zero attached hydrogens (tertiary/aromatic N) is 4. The fourth-order valence-electron chi connectivity index (χ4n) is 3.20. The Morgan fingerprint density at radius 2 is 1.96 bits per heavy atom. The molecule has 0 aliphatic carbocycles. The number of rotatable bonds is 4. The number of aromatic amines is 1. The Kier molecular flexibility index (Phi) is 4.48. The molecule has 1 aliphatic rings. The molecule has 1 aromatic carbocycles. The molecule has 1 N–H and O–H groups in total. The van der Waals surface area contributed by atoms with Gasteiger partial charge in [0.25, 0.3) is 0 Å². The van der Waals surface area contributed by atoms with Crippen LogP contribution in [0.25, 0.3) is 17.1 Å². The van der Waals surface area contributed by atoms with Crippen LogP contribution in [0, 0.1) is 0 Å². The summed E-state index contributed by atoms with van der Waals surface area (Å²) in [6.07, 6.45) is 2.96. The predicted molar refractivity (Wildman–Crippen MR) is 102 cm³/mol. The van der Waals surface area contributed by atoms with Gasteiger partial charge in [-0.05, 0) is 37.3 Å². The molecule has 27 heavy (non-hydrogen) atoms. The van der Waals surface area contributed by atoms with E-state index in [1.54, 1.807) is 30.5 Å². The van der Waals surface area contributed by atoms with Gasteiger partial charge < -0.3 is 9.64 Å². The molecule has 1 aliphatic heterocycles. The average molecular weight is 387 g/mol. The lowest BCUT2D eigenvalue weighted by atomic mass is 10.2. The molecule has 1 fully saturated rings. The van der Waals surface area contributed by atoms with E-state index in [1.807, 2.05) is 16.8 Å². The van der Waals surface area contributed by atoms with Gasteiger partial charge in [-0.1, -0.05) is 0 Å². The molecule has 8 nitrogen and oxygen atoms in total. The zero-order valence-corrected chi connectivity index (χ0v) is 16.0. The average Bonchev–Trinajstić information content (AvgIpc) is 3.31. The highest BCUT2D eigenvalue weighted by Gasteiger charge is 2.25. The maximum Gasteiger partial charge on any atom is 0.175 e. The second kappa shape index (κ2) is 6.82. The van der Waals surface area contributed by atoms with E-state index >= 15 is 0 Å². The first kappa shape index (κ1) is 17.7. The maximum atomic E-state index is 11.7. The van der Waals surface area contributed by atoms with E-state index in [-0.39, 0.29) is 10.9 Å². The summed E-state index contributed by atoms with van der Waals surface area (Å²) >= 11 is 0. The lowest BCUT2D eigenvalue weighted by Crippen LogP contribution is -2.44. The van der Waals surface area contributed by atoms with Crippen molar-refractivity contribution in [1.82, 2.24) is 20.0 Å². The molecular formula is C18H21N5O3S. The molecule has 0 bridgehead atoms. The molecule has 4 rings (SSSR count). The Hall–Kier alpha value is -2.65. The molecular weight excluding hydrogens is 366 g/mol. The summed E-state index contributed by atoms with van der Waals surface area (Å²) in [5.41, 5.74) is 2.29. The van der Waals surface area contributed by atoms with Gasteiger partial charge in [-0.3, -0.25) is 5.10 Å². The molecule has 1 unspecified atom stereocenters. The molecule has 142 valence electrons. The van der Waals surface area contributed by atoms with Crippen molar-refractivity contribution in [2.45, 2.75) is 17.9 Å². The van der Waals surface area contributed by atoms with Crippen molar-refractivity contribution in [3.63, 3.8) is 0 Å². The van der Waals surface area contributed by atoms with Crippen LogP contribution in [0.3, 0.4) is 0 Å². The molecule has 3 aromatic rings. The summed E-state index contributed by atoms with van der Waals surface area (Å²) in [6.45, 7) is 4.17. The third-order valence-corrected chi connectivity index (χ3v) is 5.75. The molecule has 0 spiro atoms. The monoisotopic (exact) mass is 387 g/mol. The second-order valence-corrected chi connectivity index (χ2v) is 8.66. The van der Waals surface area contributed by atoms with E-state index in [4.69, 9.17) is 9.84 Å².